The third-order valence-corrected chi connectivity index (χ3v) is 6.01. The van der Waals surface area contributed by atoms with Gasteiger partial charge in [-0.1, -0.05) is 28.9 Å². The van der Waals surface area contributed by atoms with Gasteiger partial charge in [-0.2, -0.15) is 0 Å². The largest absolute Gasteiger partial charge is 0.480 e. The first-order valence-corrected chi connectivity index (χ1v) is 10.4. The number of aliphatic carboxylic acids is 1. The monoisotopic (exact) mass is 434 g/mol. The van der Waals surface area contributed by atoms with Crippen LogP contribution in [0.3, 0.4) is 0 Å². The van der Waals surface area contributed by atoms with E-state index < -0.39 is 12.0 Å². The van der Waals surface area contributed by atoms with Crippen LogP contribution < -0.4 is 0 Å². The molecule has 9 heteroatoms. The molecule has 2 aromatic rings. The second-order valence-corrected chi connectivity index (χ2v) is 8.14. The van der Waals surface area contributed by atoms with Crippen molar-refractivity contribution in [2.75, 3.05) is 13.7 Å². The van der Waals surface area contributed by atoms with Gasteiger partial charge in [0.1, 0.15) is 5.69 Å². The topological polar surface area (TPSA) is 97.5 Å². The van der Waals surface area contributed by atoms with Gasteiger partial charge >= 0.3 is 5.97 Å². The molecule has 1 aromatic heterocycles. The molecule has 0 aliphatic heterocycles. The van der Waals surface area contributed by atoms with E-state index in [1.165, 1.54) is 4.68 Å². The molecule has 1 amide bonds. The molecule has 1 saturated carbocycles. The van der Waals surface area contributed by atoms with Gasteiger partial charge in [0.2, 0.25) is 5.91 Å². The Labute approximate surface area is 180 Å². The number of carboxylic acid groups (broad SMARTS) is 1. The van der Waals surface area contributed by atoms with Crippen LogP contribution >= 0.6 is 11.6 Å². The summed E-state index contributed by atoms with van der Waals surface area (Å²) in [5, 5.41) is 18.4. The molecule has 1 N–H and O–H groups in total. The van der Waals surface area contributed by atoms with Crippen LogP contribution in [0.1, 0.15) is 49.9 Å². The van der Waals surface area contributed by atoms with Gasteiger partial charge in [0, 0.05) is 25.1 Å². The minimum Gasteiger partial charge on any atom is -0.480 e. The highest BCUT2D eigenvalue weighted by Crippen LogP contribution is 2.38. The molecule has 162 valence electrons. The van der Waals surface area contributed by atoms with Gasteiger partial charge in [-0.05, 0) is 43.9 Å². The quantitative estimate of drug-likeness (QED) is 0.617. The lowest BCUT2D eigenvalue weighted by Gasteiger charge is -2.41. The Balaban J connectivity index is 1.67. The number of amides is 1. The normalized spacial score (nSPS) is 16.0. The Kier molecular flexibility index (Phi) is 7.10. The molecule has 1 unspecified atom stereocenters. The molecule has 1 aromatic carbocycles. The van der Waals surface area contributed by atoms with Crippen molar-refractivity contribution >= 4 is 23.5 Å². The highest BCUT2D eigenvalue weighted by molar-refractivity contribution is 6.30. The summed E-state index contributed by atoms with van der Waals surface area (Å²) in [5.41, 5.74) is 1.04. The molecule has 0 saturated heterocycles. The number of methoxy groups -OCH3 is 1. The number of carbonyl (C=O) groups is 2. The predicted octanol–water partition coefficient (Wildman–Crippen LogP) is 3.11. The van der Waals surface area contributed by atoms with Gasteiger partial charge < -0.3 is 14.7 Å². The van der Waals surface area contributed by atoms with E-state index in [0.717, 1.165) is 24.8 Å². The average Bonchev–Trinajstić information content (AvgIpc) is 3.16. The number of hydrogen-bond donors (Lipinski definition) is 1. The fourth-order valence-corrected chi connectivity index (χ4v) is 3.79. The third kappa shape index (κ3) is 5.17. The number of benzene rings is 1. The number of ether oxygens (including phenoxy) is 1. The van der Waals surface area contributed by atoms with E-state index >= 15 is 0 Å². The van der Waals surface area contributed by atoms with Crippen LogP contribution in [-0.2, 0) is 27.3 Å². The second-order valence-electron chi connectivity index (χ2n) is 7.70. The van der Waals surface area contributed by atoms with Crippen LogP contribution in [0.4, 0.5) is 0 Å². The second kappa shape index (κ2) is 9.57. The van der Waals surface area contributed by atoms with Crippen LogP contribution in [0.5, 0.6) is 0 Å². The number of aromatic nitrogens is 3. The Morgan fingerprint density at radius 2 is 2.03 bits per heavy atom. The zero-order valence-electron chi connectivity index (χ0n) is 17.3. The Morgan fingerprint density at radius 1 is 1.33 bits per heavy atom. The van der Waals surface area contributed by atoms with E-state index in [-0.39, 0.29) is 24.5 Å². The molecular formula is C21H27ClN4O4. The van der Waals surface area contributed by atoms with Crippen molar-refractivity contribution in [1.29, 1.82) is 0 Å². The SMILES string of the molecule is CCN(Cc1cn(C(Cc2ccc(Cl)cc2)C(=O)O)nn1)C(=O)CC1(OC)CCC1. The first-order valence-electron chi connectivity index (χ1n) is 10.1. The van der Waals surface area contributed by atoms with E-state index in [9.17, 15) is 14.7 Å². The number of halogens is 1. The third-order valence-electron chi connectivity index (χ3n) is 5.76. The lowest BCUT2D eigenvalue weighted by atomic mass is 9.77. The summed E-state index contributed by atoms with van der Waals surface area (Å²) >= 11 is 5.90. The van der Waals surface area contributed by atoms with Crippen molar-refractivity contribution in [2.45, 2.75) is 57.2 Å². The zero-order chi connectivity index (χ0) is 21.7. The highest BCUT2D eigenvalue weighted by atomic mass is 35.5. The van der Waals surface area contributed by atoms with Crippen molar-refractivity contribution in [1.82, 2.24) is 19.9 Å². The lowest BCUT2D eigenvalue weighted by Crippen LogP contribution is -2.45. The molecule has 0 bridgehead atoms. The van der Waals surface area contributed by atoms with Crippen molar-refractivity contribution in [3.05, 3.63) is 46.7 Å². The molecule has 1 atom stereocenters. The smallest absolute Gasteiger partial charge is 0.328 e. The molecule has 1 fully saturated rings. The number of carboxylic acids is 1. The summed E-state index contributed by atoms with van der Waals surface area (Å²) in [4.78, 5) is 26.2. The molecule has 3 rings (SSSR count). The van der Waals surface area contributed by atoms with Crippen LogP contribution in [0, 0.1) is 0 Å². The summed E-state index contributed by atoms with van der Waals surface area (Å²) in [7, 11) is 1.65. The maximum atomic E-state index is 12.7. The maximum absolute atomic E-state index is 12.7. The molecule has 1 aliphatic rings. The van der Waals surface area contributed by atoms with E-state index in [4.69, 9.17) is 16.3 Å². The van der Waals surface area contributed by atoms with Crippen LogP contribution in [-0.4, -0.2) is 56.1 Å². The summed E-state index contributed by atoms with van der Waals surface area (Å²) < 4.78 is 6.90. The Bertz CT molecular complexity index is 874. The first-order chi connectivity index (χ1) is 14.4. The molecular weight excluding hydrogens is 408 g/mol. The summed E-state index contributed by atoms with van der Waals surface area (Å²) in [6.07, 6.45) is 5.07. The Morgan fingerprint density at radius 3 is 2.57 bits per heavy atom. The van der Waals surface area contributed by atoms with Crippen LogP contribution in [0.25, 0.3) is 0 Å². The van der Waals surface area contributed by atoms with Gasteiger partial charge in [0.15, 0.2) is 6.04 Å². The van der Waals surface area contributed by atoms with E-state index in [1.807, 2.05) is 6.92 Å². The fraction of sp³-hybridized carbons (Fsp3) is 0.524. The highest BCUT2D eigenvalue weighted by Gasteiger charge is 2.40. The van der Waals surface area contributed by atoms with Crippen molar-refractivity contribution in [2.24, 2.45) is 0 Å². The summed E-state index contributed by atoms with van der Waals surface area (Å²) in [6, 6.07) is 6.13. The van der Waals surface area contributed by atoms with Crippen molar-refractivity contribution in [3.8, 4) is 0 Å². The summed E-state index contributed by atoms with van der Waals surface area (Å²) in [6.45, 7) is 2.71. The minimum atomic E-state index is -1.00. The molecule has 1 aliphatic carbocycles. The molecule has 30 heavy (non-hydrogen) atoms. The fourth-order valence-electron chi connectivity index (χ4n) is 3.66. The number of hydrogen-bond acceptors (Lipinski definition) is 5. The lowest BCUT2D eigenvalue weighted by molar-refractivity contribution is -0.144. The van der Waals surface area contributed by atoms with Crippen LogP contribution in [0.2, 0.25) is 5.02 Å². The van der Waals surface area contributed by atoms with Crippen molar-refractivity contribution in [3.63, 3.8) is 0 Å². The number of rotatable bonds is 10. The van der Waals surface area contributed by atoms with Gasteiger partial charge in [-0.3, -0.25) is 4.79 Å². The van der Waals surface area contributed by atoms with E-state index in [2.05, 4.69) is 10.3 Å². The number of nitrogens with zero attached hydrogens (tertiary/aromatic N) is 4. The van der Waals surface area contributed by atoms with Crippen molar-refractivity contribution < 1.29 is 19.4 Å². The summed E-state index contributed by atoms with van der Waals surface area (Å²) in [5.74, 6) is -0.999. The molecule has 1 heterocycles. The maximum Gasteiger partial charge on any atom is 0.328 e. The van der Waals surface area contributed by atoms with E-state index in [0.29, 0.717) is 23.7 Å². The van der Waals surface area contributed by atoms with Gasteiger partial charge in [0.05, 0.1) is 24.8 Å². The van der Waals surface area contributed by atoms with E-state index in [1.54, 1.807) is 42.5 Å². The predicted molar refractivity (Wildman–Crippen MR) is 111 cm³/mol. The van der Waals surface area contributed by atoms with Gasteiger partial charge in [-0.25, -0.2) is 9.48 Å². The Hall–Kier alpha value is -2.45. The number of carbonyl (C=O) groups excluding carboxylic acids is 1. The standard InChI is InChI=1S/C21H27ClN4O4/c1-3-25(19(27)12-21(30-2)9-4-10-21)13-17-14-26(24-23-17)18(20(28)29)11-15-5-7-16(22)8-6-15/h5-8,14,18H,3-4,9-13H2,1-2H3,(H,28,29). The zero-order valence-corrected chi connectivity index (χ0v) is 18.0. The molecule has 0 spiro atoms. The average molecular weight is 435 g/mol. The minimum absolute atomic E-state index is 0.00421. The first kappa shape index (κ1) is 22.2. The molecule has 8 nitrogen and oxygen atoms in total. The molecule has 0 radical (unpaired) electrons. The van der Waals surface area contributed by atoms with Gasteiger partial charge in [-0.15, -0.1) is 5.10 Å². The van der Waals surface area contributed by atoms with Gasteiger partial charge in [0.25, 0.3) is 0 Å². The van der Waals surface area contributed by atoms with Crippen LogP contribution in [0.15, 0.2) is 30.5 Å².